The molecule has 0 N–H and O–H groups in total. The van der Waals surface area contributed by atoms with E-state index >= 15 is 0 Å². The fraction of sp³-hybridized carbons (Fsp3) is 0.211. The maximum Gasteiger partial charge on any atom is 0.246 e. The number of benzene rings is 2. The van der Waals surface area contributed by atoms with Crippen molar-refractivity contribution in [3.63, 3.8) is 0 Å². The van der Waals surface area contributed by atoms with Gasteiger partial charge in [-0.25, -0.2) is 0 Å². The predicted octanol–water partition coefficient (Wildman–Crippen LogP) is 4.41. The van der Waals surface area contributed by atoms with Crippen molar-refractivity contribution in [3.05, 3.63) is 70.8 Å². The molecular weight excluding hydrogens is 310 g/mol. The summed E-state index contributed by atoms with van der Waals surface area (Å²) in [4.78, 5) is 14.0. The monoisotopic (exact) mass is 329 g/mol. The van der Waals surface area contributed by atoms with Gasteiger partial charge in [-0.15, -0.1) is 0 Å². The van der Waals surface area contributed by atoms with Gasteiger partial charge in [0.25, 0.3) is 0 Å². The lowest BCUT2D eigenvalue weighted by atomic mass is 10.1. The lowest BCUT2D eigenvalue weighted by molar-refractivity contribution is -0.125. The van der Waals surface area contributed by atoms with Crippen molar-refractivity contribution in [1.82, 2.24) is 4.90 Å². The molecule has 2 aromatic carbocycles. The van der Waals surface area contributed by atoms with Gasteiger partial charge in [0.1, 0.15) is 5.75 Å². The van der Waals surface area contributed by atoms with Crippen molar-refractivity contribution in [1.29, 1.82) is 0 Å². The SMILES string of the molecule is COc1ccc(Cl)cc1CN(C)C(=O)/C=C(\C)c1ccccc1. The fourth-order valence-corrected chi connectivity index (χ4v) is 2.48. The van der Waals surface area contributed by atoms with Crippen LogP contribution in [-0.4, -0.2) is 25.0 Å². The number of likely N-dealkylation sites (N-methyl/N-ethyl adjacent to an activating group) is 1. The van der Waals surface area contributed by atoms with Crippen LogP contribution in [0.25, 0.3) is 5.57 Å². The number of hydrogen-bond donors (Lipinski definition) is 0. The molecule has 1 amide bonds. The van der Waals surface area contributed by atoms with Crippen molar-refractivity contribution in [2.45, 2.75) is 13.5 Å². The lowest BCUT2D eigenvalue weighted by Gasteiger charge is -2.18. The molecule has 0 atom stereocenters. The van der Waals surface area contributed by atoms with Gasteiger partial charge in [-0.1, -0.05) is 41.9 Å². The summed E-state index contributed by atoms with van der Waals surface area (Å²) in [6, 6.07) is 15.2. The zero-order chi connectivity index (χ0) is 16.8. The highest BCUT2D eigenvalue weighted by atomic mass is 35.5. The van der Waals surface area contributed by atoms with Crippen molar-refractivity contribution in [2.75, 3.05) is 14.2 Å². The second kappa shape index (κ2) is 7.84. The Morgan fingerprint density at radius 3 is 2.57 bits per heavy atom. The molecule has 0 aliphatic rings. The molecule has 0 unspecified atom stereocenters. The maximum atomic E-state index is 12.4. The smallest absolute Gasteiger partial charge is 0.246 e. The highest BCUT2D eigenvalue weighted by molar-refractivity contribution is 6.30. The Bertz CT molecular complexity index is 711. The second-order valence-corrected chi connectivity index (χ2v) is 5.78. The van der Waals surface area contributed by atoms with Crippen LogP contribution in [0.1, 0.15) is 18.1 Å². The van der Waals surface area contributed by atoms with Crippen LogP contribution in [0.2, 0.25) is 5.02 Å². The van der Waals surface area contributed by atoms with E-state index in [1.165, 1.54) is 0 Å². The molecule has 0 aliphatic carbocycles. The molecule has 0 saturated heterocycles. The highest BCUT2D eigenvalue weighted by Gasteiger charge is 2.11. The van der Waals surface area contributed by atoms with E-state index in [-0.39, 0.29) is 5.91 Å². The first-order chi connectivity index (χ1) is 11.0. The van der Waals surface area contributed by atoms with Gasteiger partial charge in [0.15, 0.2) is 0 Å². The Kier molecular flexibility index (Phi) is 5.83. The third-order valence-corrected chi connectivity index (χ3v) is 3.83. The number of ether oxygens (including phenoxy) is 1. The van der Waals surface area contributed by atoms with Crippen LogP contribution >= 0.6 is 11.6 Å². The summed E-state index contributed by atoms with van der Waals surface area (Å²) < 4.78 is 5.32. The van der Waals surface area contributed by atoms with Crippen LogP contribution in [0.5, 0.6) is 5.75 Å². The molecule has 0 aliphatic heterocycles. The number of allylic oxidation sites excluding steroid dienone is 1. The zero-order valence-electron chi connectivity index (χ0n) is 13.5. The molecule has 0 spiro atoms. The summed E-state index contributed by atoms with van der Waals surface area (Å²) in [5.41, 5.74) is 2.84. The molecule has 23 heavy (non-hydrogen) atoms. The number of hydrogen-bond acceptors (Lipinski definition) is 2. The van der Waals surface area contributed by atoms with E-state index in [1.54, 1.807) is 37.3 Å². The number of rotatable bonds is 5. The Morgan fingerprint density at radius 1 is 1.22 bits per heavy atom. The van der Waals surface area contributed by atoms with Crippen molar-refractivity contribution < 1.29 is 9.53 Å². The van der Waals surface area contributed by atoms with E-state index in [4.69, 9.17) is 16.3 Å². The van der Waals surface area contributed by atoms with Gasteiger partial charge in [-0.2, -0.15) is 0 Å². The van der Waals surface area contributed by atoms with Crippen molar-refractivity contribution >= 4 is 23.1 Å². The summed E-state index contributed by atoms with van der Waals surface area (Å²) in [6.07, 6.45) is 1.65. The first-order valence-corrected chi connectivity index (χ1v) is 7.70. The maximum absolute atomic E-state index is 12.4. The minimum atomic E-state index is -0.0617. The molecule has 2 aromatic rings. The molecule has 0 saturated carbocycles. The molecular formula is C19H20ClNO2. The summed E-state index contributed by atoms with van der Waals surface area (Å²) in [5, 5.41) is 0.623. The van der Waals surface area contributed by atoms with E-state index in [0.29, 0.717) is 11.6 Å². The highest BCUT2D eigenvalue weighted by Crippen LogP contribution is 2.24. The lowest BCUT2D eigenvalue weighted by Crippen LogP contribution is -2.24. The average Bonchev–Trinajstić information content (AvgIpc) is 2.55. The fourth-order valence-electron chi connectivity index (χ4n) is 2.28. The number of amides is 1. The second-order valence-electron chi connectivity index (χ2n) is 5.34. The quantitative estimate of drug-likeness (QED) is 0.760. The molecule has 0 radical (unpaired) electrons. The van der Waals surface area contributed by atoms with Crippen LogP contribution in [0, 0.1) is 0 Å². The predicted molar refractivity (Wildman–Crippen MR) is 94.6 cm³/mol. The van der Waals surface area contributed by atoms with Gasteiger partial charge < -0.3 is 9.64 Å². The number of carbonyl (C=O) groups excluding carboxylic acids is 1. The minimum absolute atomic E-state index is 0.0617. The van der Waals surface area contributed by atoms with Gasteiger partial charge >= 0.3 is 0 Å². The summed E-state index contributed by atoms with van der Waals surface area (Å²) in [7, 11) is 3.37. The molecule has 4 heteroatoms. The molecule has 0 heterocycles. The van der Waals surface area contributed by atoms with Gasteiger partial charge in [-0.05, 0) is 36.3 Å². The molecule has 120 valence electrons. The van der Waals surface area contributed by atoms with Gasteiger partial charge in [0.05, 0.1) is 7.11 Å². The molecule has 3 nitrogen and oxygen atoms in total. The van der Waals surface area contributed by atoms with Crippen LogP contribution in [-0.2, 0) is 11.3 Å². The number of halogens is 1. The van der Waals surface area contributed by atoms with Crippen molar-refractivity contribution in [2.24, 2.45) is 0 Å². The first kappa shape index (κ1) is 17.1. The number of carbonyl (C=O) groups is 1. The zero-order valence-corrected chi connectivity index (χ0v) is 14.3. The molecule has 0 bridgehead atoms. The summed E-state index contributed by atoms with van der Waals surface area (Å²) in [5.74, 6) is 0.659. The van der Waals surface area contributed by atoms with Gasteiger partial charge in [0, 0.05) is 30.3 Å². The Balaban J connectivity index is 2.13. The Hall–Kier alpha value is -2.26. The molecule has 0 fully saturated rings. The van der Waals surface area contributed by atoms with Crippen LogP contribution in [0.3, 0.4) is 0 Å². The average molecular weight is 330 g/mol. The third kappa shape index (κ3) is 4.60. The standard InChI is InChI=1S/C19H20ClNO2/c1-14(15-7-5-4-6-8-15)11-19(22)21(2)13-16-12-17(20)9-10-18(16)23-3/h4-12H,13H2,1-3H3/b14-11+. The van der Waals surface area contributed by atoms with Gasteiger partial charge in [-0.3, -0.25) is 4.79 Å². The number of nitrogens with zero attached hydrogens (tertiary/aromatic N) is 1. The Labute approximate surface area is 142 Å². The Morgan fingerprint density at radius 2 is 1.91 bits per heavy atom. The normalized spacial score (nSPS) is 11.2. The molecule has 2 rings (SSSR count). The third-order valence-electron chi connectivity index (χ3n) is 3.60. The largest absolute Gasteiger partial charge is 0.496 e. The van der Waals surface area contributed by atoms with Crippen LogP contribution in [0.4, 0.5) is 0 Å². The van der Waals surface area contributed by atoms with E-state index in [0.717, 1.165) is 22.4 Å². The minimum Gasteiger partial charge on any atom is -0.496 e. The van der Waals surface area contributed by atoms with Crippen molar-refractivity contribution in [3.8, 4) is 5.75 Å². The summed E-state index contributed by atoms with van der Waals surface area (Å²) in [6.45, 7) is 2.36. The van der Waals surface area contributed by atoms with E-state index < -0.39 is 0 Å². The van der Waals surface area contributed by atoms with Crippen LogP contribution < -0.4 is 4.74 Å². The van der Waals surface area contributed by atoms with E-state index in [2.05, 4.69) is 0 Å². The number of methoxy groups -OCH3 is 1. The molecule has 0 aromatic heterocycles. The van der Waals surface area contributed by atoms with E-state index in [1.807, 2.05) is 43.3 Å². The first-order valence-electron chi connectivity index (χ1n) is 7.32. The van der Waals surface area contributed by atoms with Crippen LogP contribution in [0.15, 0.2) is 54.6 Å². The summed E-state index contributed by atoms with van der Waals surface area (Å²) >= 11 is 6.03. The van der Waals surface area contributed by atoms with E-state index in [9.17, 15) is 4.79 Å². The van der Waals surface area contributed by atoms with Gasteiger partial charge in [0.2, 0.25) is 5.91 Å². The topological polar surface area (TPSA) is 29.5 Å².